The number of thiophene rings is 1. The number of rotatable bonds is 7. The van der Waals surface area contributed by atoms with E-state index in [1.807, 2.05) is 13.8 Å². The van der Waals surface area contributed by atoms with E-state index < -0.39 is 17.8 Å². The molecule has 0 radical (unpaired) electrons. The van der Waals surface area contributed by atoms with Gasteiger partial charge in [-0.25, -0.2) is 4.79 Å². The Bertz CT molecular complexity index is 809. The number of ether oxygens (including phenoxy) is 1. The number of carboxylic acids is 1. The fourth-order valence-corrected chi connectivity index (χ4v) is 3.52. The van der Waals surface area contributed by atoms with Gasteiger partial charge in [-0.15, -0.1) is 11.3 Å². The van der Waals surface area contributed by atoms with E-state index >= 15 is 0 Å². The summed E-state index contributed by atoms with van der Waals surface area (Å²) in [6.07, 6.45) is 2.10. The molecule has 0 aliphatic rings. The quantitative estimate of drug-likeness (QED) is 0.729. The van der Waals surface area contributed by atoms with E-state index in [1.54, 1.807) is 0 Å². The summed E-state index contributed by atoms with van der Waals surface area (Å²) in [5.41, 5.74) is 1.36. The monoisotopic (exact) mass is 365 g/mol. The molecule has 9 heteroatoms. The molecule has 2 heterocycles. The molecule has 0 bridgehead atoms. The molecular weight excluding hydrogens is 346 g/mol. The first-order valence-corrected chi connectivity index (χ1v) is 8.46. The number of hydrogen-bond donors (Lipinski definition) is 2. The molecule has 0 unspecified atom stereocenters. The zero-order chi connectivity index (χ0) is 18.6. The van der Waals surface area contributed by atoms with Gasteiger partial charge in [-0.2, -0.15) is 5.10 Å². The Kier molecular flexibility index (Phi) is 5.92. The number of aliphatic carboxylic acids is 1. The van der Waals surface area contributed by atoms with Crippen LogP contribution in [0.3, 0.4) is 0 Å². The number of carbonyl (C=O) groups excluding carboxylic acids is 2. The average molecular weight is 365 g/mol. The van der Waals surface area contributed by atoms with Crippen LogP contribution in [-0.2, 0) is 22.5 Å². The predicted octanol–water partition coefficient (Wildman–Crippen LogP) is 2.33. The molecule has 0 fully saturated rings. The van der Waals surface area contributed by atoms with Gasteiger partial charge < -0.3 is 15.2 Å². The van der Waals surface area contributed by atoms with Gasteiger partial charge >= 0.3 is 11.9 Å². The van der Waals surface area contributed by atoms with Gasteiger partial charge in [-0.3, -0.25) is 14.3 Å². The molecule has 1 amide bonds. The van der Waals surface area contributed by atoms with Crippen molar-refractivity contribution >= 4 is 34.2 Å². The Morgan fingerprint density at radius 2 is 2.12 bits per heavy atom. The molecule has 2 aromatic rings. The number of nitrogens with zero attached hydrogens (tertiary/aromatic N) is 2. The Balaban J connectivity index is 2.20. The van der Waals surface area contributed by atoms with Crippen LogP contribution in [0.1, 0.15) is 44.6 Å². The zero-order valence-electron chi connectivity index (χ0n) is 14.2. The minimum absolute atomic E-state index is 0.0841. The third-order valence-corrected chi connectivity index (χ3v) is 4.67. The maximum Gasteiger partial charge on any atom is 0.341 e. The van der Waals surface area contributed by atoms with Crippen LogP contribution in [0, 0.1) is 6.92 Å². The molecule has 0 aliphatic heterocycles. The van der Waals surface area contributed by atoms with Gasteiger partial charge in [-0.05, 0) is 25.0 Å². The van der Waals surface area contributed by atoms with E-state index in [1.165, 1.54) is 35.4 Å². The fraction of sp³-hybridized carbons (Fsp3) is 0.375. The third kappa shape index (κ3) is 4.24. The van der Waals surface area contributed by atoms with Crippen molar-refractivity contribution in [3.05, 3.63) is 34.0 Å². The van der Waals surface area contributed by atoms with Gasteiger partial charge in [0.15, 0.2) is 5.69 Å². The van der Waals surface area contributed by atoms with Gasteiger partial charge in [-0.1, -0.05) is 6.92 Å². The second-order valence-corrected chi connectivity index (χ2v) is 6.47. The van der Waals surface area contributed by atoms with Crippen LogP contribution in [0.4, 0.5) is 5.00 Å². The number of aryl methyl sites for hydroxylation is 2. The lowest BCUT2D eigenvalue weighted by atomic mass is 10.1. The van der Waals surface area contributed by atoms with E-state index in [4.69, 9.17) is 9.84 Å². The minimum Gasteiger partial charge on any atom is -0.481 e. The summed E-state index contributed by atoms with van der Waals surface area (Å²) in [5.74, 6) is -1.91. The molecule has 0 aliphatic carbocycles. The van der Waals surface area contributed by atoms with Gasteiger partial charge in [0.05, 0.1) is 25.6 Å². The van der Waals surface area contributed by atoms with E-state index in [0.29, 0.717) is 17.0 Å². The number of nitrogens with one attached hydrogen (secondary N) is 1. The van der Waals surface area contributed by atoms with Crippen LogP contribution in [0.2, 0.25) is 0 Å². The van der Waals surface area contributed by atoms with Crippen molar-refractivity contribution in [2.45, 2.75) is 33.2 Å². The van der Waals surface area contributed by atoms with Crippen molar-refractivity contribution in [2.24, 2.45) is 0 Å². The molecule has 2 aromatic heterocycles. The van der Waals surface area contributed by atoms with Crippen molar-refractivity contribution in [3.8, 4) is 0 Å². The zero-order valence-corrected chi connectivity index (χ0v) is 15.0. The van der Waals surface area contributed by atoms with Crippen LogP contribution in [0.5, 0.6) is 0 Å². The lowest BCUT2D eigenvalue weighted by molar-refractivity contribution is -0.137. The summed E-state index contributed by atoms with van der Waals surface area (Å²) in [5, 5.41) is 15.9. The normalized spacial score (nSPS) is 10.5. The Hall–Kier alpha value is -2.68. The standard InChI is InChI=1S/C16H19N3O5S/c1-4-10-9(2)25-15(13(10)16(23)24-3)17-14(22)11-5-7-19(18-11)8-6-12(20)21/h5,7H,4,6,8H2,1-3H3,(H,17,22)(H,20,21). The molecular formula is C16H19N3O5S. The molecule has 8 nitrogen and oxygen atoms in total. The predicted molar refractivity (Wildman–Crippen MR) is 92.2 cm³/mol. The van der Waals surface area contributed by atoms with E-state index in [0.717, 1.165) is 10.4 Å². The number of aromatic nitrogens is 2. The number of amides is 1. The Morgan fingerprint density at radius 1 is 1.40 bits per heavy atom. The highest BCUT2D eigenvalue weighted by Crippen LogP contribution is 2.34. The first-order chi connectivity index (χ1) is 11.9. The third-order valence-electron chi connectivity index (χ3n) is 3.61. The lowest BCUT2D eigenvalue weighted by Gasteiger charge is -2.05. The van der Waals surface area contributed by atoms with Crippen LogP contribution < -0.4 is 5.32 Å². The summed E-state index contributed by atoms with van der Waals surface area (Å²) >= 11 is 1.31. The number of methoxy groups -OCH3 is 1. The number of hydrogen-bond acceptors (Lipinski definition) is 6. The summed E-state index contributed by atoms with van der Waals surface area (Å²) in [6.45, 7) is 3.98. The number of carbonyl (C=O) groups is 3. The van der Waals surface area contributed by atoms with Gasteiger partial charge in [0.2, 0.25) is 0 Å². The van der Waals surface area contributed by atoms with Crippen molar-refractivity contribution in [2.75, 3.05) is 12.4 Å². The minimum atomic E-state index is -0.939. The second-order valence-electron chi connectivity index (χ2n) is 5.25. The molecule has 0 saturated carbocycles. The van der Waals surface area contributed by atoms with E-state index in [2.05, 4.69) is 10.4 Å². The maximum atomic E-state index is 12.4. The number of esters is 1. The molecule has 0 spiro atoms. The smallest absolute Gasteiger partial charge is 0.341 e. The lowest BCUT2D eigenvalue weighted by Crippen LogP contribution is -2.16. The van der Waals surface area contributed by atoms with Gasteiger partial charge in [0, 0.05) is 11.1 Å². The Labute approximate surface area is 148 Å². The second kappa shape index (κ2) is 7.93. The summed E-state index contributed by atoms with van der Waals surface area (Å²) < 4.78 is 6.21. The largest absolute Gasteiger partial charge is 0.481 e. The highest BCUT2D eigenvalue weighted by Gasteiger charge is 2.23. The van der Waals surface area contributed by atoms with Crippen molar-refractivity contribution in [3.63, 3.8) is 0 Å². The molecule has 0 atom stereocenters. The number of anilines is 1. The van der Waals surface area contributed by atoms with Crippen molar-refractivity contribution < 1.29 is 24.2 Å². The van der Waals surface area contributed by atoms with Crippen LogP contribution in [0.25, 0.3) is 0 Å². The van der Waals surface area contributed by atoms with Crippen molar-refractivity contribution in [1.29, 1.82) is 0 Å². The SMILES string of the molecule is CCc1c(C)sc(NC(=O)c2ccn(CCC(=O)O)n2)c1C(=O)OC. The highest BCUT2D eigenvalue weighted by atomic mass is 32.1. The molecule has 2 rings (SSSR count). The van der Waals surface area contributed by atoms with Gasteiger partial charge in [0.1, 0.15) is 5.00 Å². The van der Waals surface area contributed by atoms with Crippen LogP contribution in [-0.4, -0.2) is 39.8 Å². The summed E-state index contributed by atoms with van der Waals surface area (Å²) in [6, 6.07) is 1.50. The van der Waals surface area contributed by atoms with Crippen molar-refractivity contribution in [1.82, 2.24) is 9.78 Å². The topological polar surface area (TPSA) is 111 Å². The van der Waals surface area contributed by atoms with Crippen LogP contribution >= 0.6 is 11.3 Å². The van der Waals surface area contributed by atoms with Gasteiger partial charge in [0.25, 0.3) is 5.91 Å². The molecule has 0 aromatic carbocycles. The van der Waals surface area contributed by atoms with E-state index in [-0.39, 0.29) is 18.7 Å². The summed E-state index contributed by atoms with van der Waals surface area (Å²) in [4.78, 5) is 36.0. The first-order valence-electron chi connectivity index (χ1n) is 7.64. The van der Waals surface area contributed by atoms with Crippen LogP contribution in [0.15, 0.2) is 12.3 Å². The molecule has 2 N–H and O–H groups in total. The maximum absolute atomic E-state index is 12.4. The average Bonchev–Trinajstić information content (AvgIpc) is 3.16. The van der Waals surface area contributed by atoms with E-state index in [9.17, 15) is 14.4 Å². The fourth-order valence-electron chi connectivity index (χ4n) is 2.40. The molecule has 134 valence electrons. The highest BCUT2D eigenvalue weighted by molar-refractivity contribution is 7.16. The molecule has 0 saturated heterocycles. The summed E-state index contributed by atoms with van der Waals surface area (Å²) in [7, 11) is 1.30. The first kappa shape index (κ1) is 18.7. The number of carboxylic acid groups (broad SMARTS) is 1. The Morgan fingerprint density at radius 3 is 2.72 bits per heavy atom. The molecule has 25 heavy (non-hydrogen) atoms.